The lowest BCUT2D eigenvalue weighted by Gasteiger charge is -2.10. The van der Waals surface area contributed by atoms with Gasteiger partial charge < -0.3 is 11.5 Å². The van der Waals surface area contributed by atoms with E-state index in [-0.39, 0.29) is 17.9 Å². The van der Waals surface area contributed by atoms with Crippen LogP contribution in [-0.2, 0) is 0 Å². The van der Waals surface area contributed by atoms with Crippen LogP contribution in [-0.4, -0.2) is 18.3 Å². The topological polar surface area (TPSA) is 105 Å². The Hall–Kier alpha value is -3.56. The van der Waals surface area contributed by atoms with Crippen molar-refractivity contribution in [1.82, 2.24) is 0 Å². The standard InChI is InChI=1S/C20H15FN4O/c21-15-6-7-16(14(8-15)10-22)17-3-1-2-12-4-5-13(9-18(12)17)20(26)25-19(24)11-23/h1-9H,11,23H2,(H2,24,25,26). The van der Waals surface area contributed by atoms with Crippen LogP contribution in [0.4, 0.5) is 4.39 Å². The van der Waals surface area contributed by atoms with Gasteiger partial charge in [-0.2, -0.15) is 10.3 Å². The molecule has 0 aliphatic rings. The van der Waals surface area contributed by atoms with E-state index in [0.717, 1.165) is 16.3 Å². The predicted octanol–water partition coefficient (Wildman–Crippen LogP) is 2.97. The van der Waals surface area contributed by atoms with Crippen molar-refractivity contribution in [2.75, 3.05) is 6.54 Å². The number of benzene rings is 3. The Balaban J connectivity index is 2.21. The number of aliphatic imine (C=N–C) groups is 1. The maximum absolute atomic E-state index is 13.5. The molecule has 0 saturated carbocycles. The van der Waals surface area contributed by atoms with Crippen molar-refractivity contribution >= 4 is 22.5 Å². The molecular formula is C20H15FN4O. The predicted molar refractivity (Wildman–Crippen MR) is 99.1 cm³/mol. The fourth-order valence-electron chi connectivity index (χ4n) is 2.73. The summed E-state index contributed by atoms with van der Waals surface area (Å²) in [5.41, 5.74) is 12.8. The molecule has 0 spiro atoms. The van der Waals surface area contributed by atoms with Crippen LogP contribution in [0.2, 0.25) is 0 Å². The normalized spacial score (nSPS) is 11.3. The number of nitrogens with two attached hydrogens (primary N) is 2. The molecule has 0 saturated heterocycles. The van der Waals surface area contributed by atoms with Crippen LogP contribution in [0, 0.1) is 17.1 Å². The fraction of sp³-hybridized carbons (Fsp3) is 0.0500. The van der Waals surface area contributed by atoms with Crippen molar-refractivity contribution < 1.29 is 9.18 Å². The number of hydrogen-bond acceptors (Lipinski definition) is 3. The van der Waals surface area contributed by atoms with Crippen LogP contribution < -0.4 is 11.5 Å². The molecule has 26 heavy (non-hydrogen) atoms. The molecule has 1 amide bonds. The van der Waals surface area contributed by atoms with Gasteiger partial charge in [-0.15, -0.1) is 0 Å². The third-order valence-electron chi connectivity index (χ3n) is 3.98. The molecule has 5 nitrogen and oxygen atoms in total. The van der Waals surface area contributed by atoms with Crippen molar-refractivity contribution in [2.24, 2.45) is 16.5 Å². The molecule has 3 rings (SSSR count). The van der Waals surface area contributed by atoms with E-state index in [1.54, 1.807) is 24.3 Å². The van der Waals surface area contributed by atoms with Gasteiger partial charge in [0.2, 0.25) is 0 Å². The minimum absolute atomic E-state index is 0.00825. The van der Waals surface area contributed by atoms with Gasteiger partial charge >= 0.3 is 0 Å². The summed E-state index contributed by atoms with van der Waals surface area (Å²) in [6.45, 7) is -0.00825. The summed E-state index contributed by atoms with van der Waals surface area (Å²) >= 11 is 0. The summed E-state index contributed by atoms with van der Waals surface area (Å²) in [4.78, 5) is 16.0. The zero-order valence-corrected chi connectivity index (χ0v) is 13.7. The van der Waals surface area contributed by atoms with Gasteiger partial charge in [0, 0.05) is 11.1 Å². The SMILES string of the molecule is N#Cc1cc(F)ccc1-c1cccc2ccc(C(=O)N=C(N)CN)cc12. The molecule has 0 aliphatic heterocycles. The fourth-order valence-corrected chi connectivity index (χ4v) is 2.73. The number of rotatable bonds is 3. The van der Waals surface area contributed by atoms with Gasteiger partial charge in [-0.3, -0.25) is 4.79 Å². The lowest BCUT2D eigenvalue weighted by atomic mass is 9.94. The maximum Gasteiger partial charge on any atom is 0.278 e. The number of nitriles is 1. The van der Waals surface area contributed by atoms with Gasteiger partial charge in [0.05, 0.1) is 18.2 Å². The third-order valence-corrected chi connectivity index (χ3v) is 3.98. The van der Waals surface area contributed by atoms with E-state index in [4.69, 9.17) is 11.5 Å². The summed E-state index contributed by atoms with van der Waals surface area (Å²) in [6.07, 6.45) is 0. The molecule has 0 heterocycles. The van der Waals surface area contributed by atoms with Gasteiger partial charge in [-0.1, -0.05) is 30.3 Å². The van der Waals surface area contributed by atoms with Crippen LogP contribution in [0.15, 0.2) is 59.6 Å². The molecule has 0 bridgehead atoms. The van der Waals surface area contributed by atoms with Gasteiger partial charge in [-0.25, -0.2) is 4.39 Å². The molecular weight excluding hydrogens is 331 g/mol. The van der Waals surface area contributed by atoms with E-state index in [0.29, 0.717) is 11.1 Å². The van der Waals surface area contributed by atoms with Crippen LogP contribution in [0.3, 0.4) is 0 Å². The van der Waals surface area contributed by atoms with Crippen LogP contribution in [0.5, 0.6) is 0 Å². The Bertz CT molecular complexity index is 1080. The molecule has 4 N–H and O–H groups in total. The molecule has 0 fully saturated rings. The Morgan fingerprint density at radius 2 is 1.92 bits per heavy atom. The van der Waals surface area contributed by atoms with E-state index in [1.165, 1.54) is 12.1 Å². The molecule has 0 aliphatic carbocycles. The van der Waals surface area contributed by atoms with Crippen LogP contribution in [0.25, 0.3) is 21.9 Å². The van der Waals surface area contributed by atoms with E-state index < -0.39 is 11.7 Å². The van der Waals surface area contributed by atoms with Crippen molar-refractivity contribution in [3.8, 4) is 17.2 Å². The maximum atomic E-state index is 13.5. The Morgan fingerprint density at radius 1 is 1.12 bits per heavy atom. The van der Waals surface area contributed by atoms with Gasteiger partial charge in [0.1, 0.15) is 11.7 Å². The van der Waals surface area contributed by atoms with Crippen LogP contribution >= 0.6 is 0 Å². The lowest BCUT2D eigenvalue weighted by molar-refractivity contribution is 0.100. The quantitative estimate of drug-likeness (QED) is 0.562. The first kappa shape index (κ1) is 17.3. The van der Waals surface area contributed by atoms with Crippen molar-refractivity contribution in [3.63, 3.8) is 0 Å². The molecule has 3 aromatic rings. The number of amides is 1. The molecule has 3 aromatic carbocycles. The Kier molecular flexibility index (Phi) is 4.74. The zero-order chi connectivity index (χ0) is 18.7. The number of carbonyl (C=O) groups is 1. The van der Waals surface area contributed by atoms with E-state index in [1.807, 2.05) is 24.3 Å². The summed E-state index contributed by atoms with van der Waals surface area (Å²) < 4.78 is 13.5. The number of fused-ring (bicyclic) bond motifs is 1. The number of halogens is 1. The average molecular weight is 346 g/mol. The number of hydrogen-bond donors (Lipinski definition) is 2. The first-order valence-electron chi connectivity index (χ1n) is 7.83. The average Bonchev–Trinajstić information content (AvgIpc) is 2.66. The molecule has 128 valence electrons. The monoisotopic (exact) mass is 346 g/mol. The van der Waals surface area contributed by atoms with Crippen LogP contribution in [0.1, 0.15) is 15.9 Å². The molecule has 0 radical (unpaired) electrons. The summed E-state index contributed by atoms with van der Waals surface area (Å²) in [5.74, 6) is -0.925. The highest BCUT2D eigenvalue weighted by Gasteiger charge is 2.12. The largest absolute Gasteiger partial charge is 0.386 e. The lowest BCUT2D eigenvalue weighted by Crippen LogP contribution is -2.24. The Labute approximate surface area is 149 Å². The minimum atomic E-state index is -0.496. The molecule has 0 unspecified atom stereocenters. The molecule has 6 heteroatoms. The summed E-state index contributed by atoms with van der Waals surface area (Å²) in [6, 6.07) is 16.7. The number of nitrogens with zero attached hydrogens (tertiary/aromatic N) is 2. The van der Waals surface area contributed by atoms with Gasteiger partial charge in [-0.05, 0) is 40.6 Å². The smallest absolute Gasteiger partial charge is 0.278 e. The number of carbonyl (C=O) groups excluding carboxylic acids is 1. The third kappa shape index (κ3) is 3.29. The van der Waals surface area contributed by atoms with Crippen molar-refractivity contribution in [1.29, 1.82) is 5.26 Å². The van der Waals surface area contributed by atoms with E-state index >= 15 is 0 Å². The highest BCUT2D eigenvalue weighted by atomic mass is 19.1. The summed E-state index contributed by atoms with van der Waals surface area (Å²) in [7, 11) is 0. The minimum Gasteiger partial charge on any atom is -0.386 e. The first-order valence-corrected chi connectivity index (χ1v) is 7.83. The second kappa shape index (κ2) is 7.13. The van der Waals surface area contributed by atoms with Gasteiger partial charge in [0.15, 0.2) is 0 Å². The van der Waals surface area contributed by atoms with E-state index in [2.05, 4.69) is 4.99 Å². The highest BCUT2D eigenvalue weighted by molar-refractivity contribution is 6.07. The zero-order valence-electron chi connectivity index (χ0n) is 13.7. The molecule has 0 atom stereocenters. The summed E-state index contributed by atoms with van der Waals surface area (Å²) in [5, 5.41) is 11.0. The van der Waals surface area contributed by atoms with Crippen molar-refractivity contribution in [2.45, 2.75) is 0 Å². The highest BCUT2D eigenvalue weighted by Crippen LogP contribution is 2.32. The second-order valence-corrected chi connectivity index (χ2v) is 5.66. The Morgan fingerprint density at radius 3 is 2.65 bits per heavy atom. The first-order chi connectivity index (χ1) is 12.5. The van der Waals surface area contributed by atoms with Crippen molar-refractivity contribution in [3.05, 3.63) is 71.5 Å². The van der Waals surface area contributed by atoms with E-state index in [9.17, 15) is 14.4 Å². The molecule has 0 aromatic heterocycles. The second-order valence-electron chi connectivity index (χ2n) is 5.66. The number of amidine groups is 1. The van der Waals surface area contributed by atoms with Gasteiger partial charge in [0.25, 0.3) is 5.91 Å².